The van der Waals surface area contributed by atoms with Crippen molar-refractivity contribution in [3.05, 3.63) is 52.6 Å². The number of ether oxygens (including phenoxy) is 2. The van der Waals surface area contributed by atoms with Crippen LogP contribution in [-0.2, 0) is 14.8 Å². The average molecular weight is 419 g/mol. The molecule has 2 aromatic carbocycles. The highest BCUT2D eigenvalue weighted by atomic mass is 32.2. The van der Waals surface area contributed by atoms with E-state index in [1.165, 1.54) is 42.5 Å². The SMILES string of the molecule is O=C(Nc1ccc(NS(=O)(=O)c2ccc3c(c2)OCCO3)cc1)[C@@H]1C[C@@H]1[N+](=O)[O-]. The maximum absolute atomic E-state index is 12.6. The second-order valence-corrected chi connectivity index (χ2v) is 8.35. The van der Waals surface area contributed by atoms with Gasteiger partial charge in [-0.25, -0.2) is 8.42 Å². The van der Waals surface area contributed by atoms with Crippen LogP contribution in [0.5, 0.6) is 11.5 Å². The fraction of sp³-hybridized carbons (Fsp3) is 0.278. The van der Waals surface area contributed by atoms with E-state index in [-0.39, 0.29) is 11.3 Å². The number of amides is 1. The zero-order valence-electron chi connectivity index (χ0n) is 15.0. The smallest absolute Gasteiger partial charge is 0.262 e. The molecule has 152 valence electrons. The Kier molecular flexibility index (Phi) is 4.74. The first-order valence-electron chi connectivity index (χ1n) is 8.80. The zero-order valence-corrected chi connectivity index (χ0v) is 15.8. The molecule has 0 unspecified atom stereocenters. The maximum atomic E-state index is 12.6. The van der Waals surface area contributed by atoms with Gasteiger partial charge in [0, 0.05) is 28.8 Å². The Labute approximate surface area is 166 Å². The molecule has 0 aromatic heterocycles. The molecular formula is C18H17N3O7S. The molecule has 1 amide bonds. The van der Waals surface area contributed by atoms with Crippen molar-refractivity contribution in [1.82, 2.24) is 0 Å². The number of hydrogen-bond acceptors (Lipinski definition) is 7. The number of nitrogens with one attached hydrogen (secondary N) is 2. The monoisotopic (exact) mass is 419 g/mol. The molecule has 4 rings (SSSR count). The van der Waals surface area contributed by atoms with Gasteiger partial charge >= 0.3 is 0 Å². The predicted octanol–water partition coefficient (Wildman–Crippen LogP) is 1.86. The van der Waals surface area contributed by atoms with Crippen LogP contribution in [0.2, 0.25) is 0 Å². The van der Waals surface area contributed by atoms with Crippen LogP contribution in [0.25, 0.3) is 0 Å². The fourth-order valence-electron chi connectivity index (χ4n) is 2.96. The van der Waals surface area contributed by atoms with Crippen LogP contribution in [0.15, 0.2) is 47.4 Å². The van der Waals surface area contributed by atoms with Crippen LogP contribution in [0, 0.1) is 16.0 Å². The van der Waals surface area contributed by atoms with Gasteiger partial charge in [-0.05, 0) is 36.4 Å². The lowest BCUT2D eigenvalue weighted by atomic mass is 10.2. The molecule has 1 aliphatic heterocycles. The van der Waals surface area contributed by atoms with Crippen LogP contribution < -0.4 is 19.5 Å². The number of sulfonamides is 1. The molecule has 10 nitrogen and oxygen atoms in total. The van der Waals surface area contributed by atoms with E-state index in [0.717, 1.165) is 0 Å². The molecule has 0 bridgehead atoms. The van der Waals surface area contributed by atoms with Crippen molar-refractivity contribution < 1.29 is 27.6 Å². The number of nitro groups is 1. The van der Waals surface area contributed by atoms with E-state index in [0.29, 0.717) is 36.1 Å². The normalized spacial score (nSPS) is 19.9. The number of fused-ring (bicyclic) bond motifs is 1. The molecule has 0 radical (unpaired) electrons. The zero-order chi connectivity index (χ0) is 20.6. The molecule has 1 saturated carbocycles. The Morgan fingerprint density at radius 2 is 1.69 bits per heavy atom. The van der Waals surface area contributed by atoms with Gasteiger partial charge in [0.1, 0.15) is 19.1 Å². The minimum absolute atomic E-state index is 0.0266. The quantitative estimate of drug-likeness (QED) is 0.538. The van der Waals surface area contributed by atoms with Gasteiger partial charge in [-0.1, -0.05) is 0 Å². The molecule has 11 heteroatoms. The van der Waals surface area contributed by atoms with Crippen LogP contribution >= 0.6 is 0 Å². The summed E-state index contributed by atoms with van der Waals surface area (Å²) in [6, 6.07) is 9.54. The number of rotatable bonds is 6. The van der Waals surface area contributed by atoms with E-state index in [9.17, 15) is 23.3 Å². The Morgan fingerprint density at radius 3 is 2.34 bits per heavy atom. The van der Waals surface area contributed by atoms with Gasteiger partial charge < -0.3 is 14.8 Å². The molecular weight excluding hydrogens is 402 g/mol. The molecule has 2 N–H and O–H groups in total. The molecule has 29 heavy (non-hydrogen) atoms. The van der Waals surface area contributed by atoms with Gasteiger partial charge in [0.2, 0.25) is 11.9 Å². The van der Waals surface area contributed by atoms with Gasteiger partial charge in [-0.15, -0.1) is 0 Å². The summed E-state index contributed by atoms with van der Waals surface area (Å²) in [5.74, 6) is -0.190. The molecule has 1 fully saturated rings. The summed E-state index contributed by atoms with van der Waals surface area (Å²) in [4.78, 5) is 22.2. The third kappa shape index (κ3) is 4.09. The first-order valence-corrected chi connectivity index (χ1v) is 10.3. The van der Waals surface area contributed by atoms with Gasteiger partial charge in [0.05, 0.1) is 4.90 Å². The van der Waals surface area contributed by atoms with Crippen molar-refractivity contribution in [1.29, 1.82) is 0 Å². The van der Waals surface area contributed by atoms with Gasteiger partial charge in [0.25, 0.3) is 10.0 Å². The van der Waals surface area contributed by atoms with Crippen molar-refractivity contribution in [2.75, 3.05) is 23.3 Å². The largest absolute Gasteiger partial charge is 0.486 e. The summed E-state index contributed by atoms with van der Waals surface area (Å²) in [5.41, 5.74) is 0.721. The summed E-state index contributed by atoms with van der Waals surface area (Å²) < 4.78 is 38.5. The summed E-state index contributed by atoms with van der Waals surface area (Å²) in [6.45, 7) is 0.758. The lowest BCUT2D eigenvalue weighted by Gasteiger charge is -2.19. The molecule has 2 atom stereocenters. The van der Waals surface area contributed by atoms with Gasteiger partial charge in [-0.2, -0.15) is 0 Å². The lowest BCUT2D eigenvalue weighted by molar-refractivity contribution is -0.497. The minimum atomic E-state index is -3.85. The van der Waals surface area contributed by atoms with Gasteiger partial charge in [0.15, 0.2) is 11.5 Å². The highest BCUT2D eigenvalue weighted by molar-refractivity contribution is 7.92. The number of benzene rings is 2. The fourth-order valence-corrected chi connectivity index (χ4v) is 4.03. The van der Waals surface area contributed by atoms with Crippen molar-refractivity contribution in [3.63, 3.8) is 0 Å². The summed E-state index contributed by atoms with van der Waals surface area (Å²) in [5, 5.41) is 13.2. The third-order valence-electron chi connectivity index (χ3n) is 4.59. The Hall–Kier alpha value is -3.34. The molecule has 0 saturated heterocycles. The van der Waals surface area contributed by atoms with E-state index < -0.39 is 32.8 Å². The Bertz CT molecular complexity index is 1070. The summed E-state index contributed by atoms with van der Waals surface area (Å²) in [7, 11) is -3.85. The summed E-state index contributed by atoms with van der Waals surface area (Å²) in [6.07, 6.45) is 0.228. The van der Waals surface area contributed by atoms with E-state index in [1.807, 2.05) is 0 Å². The van der Waals surface area contributed by atoms with Crippen LogP contribution in [0.1, 0.15) is 6.42 Å². The van der Waals surface area contributed by atoms with E-state index in [1.54, 1.807) is 0 Å². The maximum Gasteiger partial charge on any atom is 0.262 e. The van der Waals surface area contributed by atoms with Crippen molar-refractivity contribution in [2.45, 2.75) is 17.4 Å². The van der Waals surface area contributed by atoms with Crippen LogP contribution in [-0.4, -0.2) is 38.5 Å². The van der Waals surface area contributed by atoms with E-state index in [2.05, 4.69) is 10.0 Å². The highest BCUT2D eigenvalue weighted by Gasteiger charge is 2.53. The van der Waals surface area contributed by atoms with Crippen LogP contribution in [0.3, 0.4) is 0 Å². The summed E-state index contributed by atoms with van der Waals surface area (Å²) >= 11 is 0. The topological polar surface area (TPSA) is 137 Å². The molecule has 1 heterocycles. The first-order chi connectivity index (χ1) is 13.8. The standard InChI is InChI=1S/C18H17N3O7S/c22-18(14-10-15(14)21(23)24)19-11-1-3-12(4-2-11)20-29(25,26)13-5-6-16-17(9-13)28-8-7-27-16/h1-6,9,14-15,20H,7-8,10H2,(H,19,22)/t14-,15+/m1/s1. The van der Waals surface area contributed by atoms with Gasteiger partial charge in [-0.3, -0.25) is 19.6 Å². The third-order valence-corrected chi connectivity index (χ3v) is 5.97. The number of carbonyl (C=O) groups is 1. The predicted molar refractivity (Wildman–Crippen MR) is 102 cm³/mol. The number of hydrogen-bond donors (Lipinski definition) is 2. The second-order valence-electron chi connectivity index (χ2n) is 6.67. The molecule has 2 aliphatic rings. The van der Waals surface area contributed by atoms with Crippen molar-refractivity contribution >= 4 is 27.3 Å². The van der Waals surface area contributed by atoms with E-state index >= 15 is 0 Å². The highest BCUT2D eigenvalue weighted by Crippen LogP contribution is 2.34. The number of nitrogens with zero attached hydrogens (tertiary/aromatic N) is 1. The molecule has 0 spiro atoms. The van der Waals surface area contributed by atoms with Crippen LogP contribution in [0.4, 0.5) is 11.4 Å². The molecule has 1 aliphatic carbocycles. The number of anilines is 2. The van der Waals surface area contributed by atoms with Crippen molar-refractivity contribution in [3.8, 4) is 11.5 Å². The Balaban J connectivity index is 1.42. The average Bonchev–Trinajstić information content (AvgIpc) is 3.50. The van der Waals surface area contributed by atoms with E-state index in [4.69, 9.17) is 9.47 Å². The number of carbonyl (C=O) groups excluding carboxylic acids is 1. The second kappa shape index (κ2) is 7.24. The first kappa shape index (κ1) is 19.0. The van der Waals surface area contributed by atoms with Crippen molar-refractivity contribution in [2.24, 2.45) is 5.92 Å². The minimum Gasteiger partial charge on any atom is -0.486 e. The molecule has 2 aromatic rings. The Morgan fingerprint density at radius 1 is 1.03 bits per heavy atom. The lowest BCUT2D eigenvalue weighted by Crippen LogP contribution is -2.18.